The average molecular weight is 383 g/mol. The van der Waals surface area contributed by atoms with E-state index in [1.54, 1.807) is 43.6 Å². The molecule has 2 aromatic carbocycles. The van der Waals surface area contributed by atoms with E-state index in [0.717, 1.165) is 35.1 Å². The van der Waals surface area contributed by atoms with Gasteiger partial charge in [-0.3, -0.25) is 4.79 Å². The molecule has 1 aliphatic carbocycles. The summed E-state index contributed by atoms with van der Waals surface area (Å²) >= 11 is 0. The number of carbonyl (C=O) groups excluding carboxylic acids is 1. The van der Waals surface area contributed by atoms with Crippen molar-refractivity contribution < 1.29 is 9.53 Å². The van der Waals surface area contributed by atoms with E-state index in [9.17, 15) is 4.79 Å². The van der Waals surface area contributed by atoms with Crippen molar-refractivity contribution in [1.29, 1.82) is 0 Å². The maximum atomic E-state index is 12.7. The molecule has 1 aromatic heterocycles. The molecular formula is C24H21N3O2. The van der Waals surface area contributed by atoms with E-state index in [0.29, 0.717) is 17.1 Å². The van der Waals surface area contributed by atoms with Crippen molar-refractivity contribution in [2.75, 3.05) is 12.8 Å². The SMILES string of the molecule is C#Cc1ccc(C(=O)NC2(c3ccc(-c4cnc(OC)cc4N)cc3)CC2)cc1. The number of carbonyl (C=O) groups is 1. The quantitative estimate of drug-likeness (QED) is 0.658. The standard InChI is InChI=1S/C24H21N3O2/c1-3-16-4-6-18(7-5-16)23(28)27-24(12-13-24)19-10-8-17(9-11-19)20-15-26-22(29-2)14-21(20)25/h1,4-11,14-15H,12-13H2,2H3,(H2,25,26)(H,27,28). The highest BCUT2D eigenvalue weighted by Gasteiger charge is 2.45. The van der Waals surface area contributed by atoms with Gasteiger partial charge in [0.05, 0.1) is 12.6 Å². The van der Waals surface area contributed by atoms with Gasteiger partial charge in [-0.1, -0.05) is 30.2 Å². The fraction of sp³-hybridized carbons (Fsp3) is 0.167. The number of nitrogen functional groups attached to an aromatic ring is 1. The number of benzene rings is 2. The second kappa shape index (κ2) is 7.33. The maximum absolute atomic E-state index is 12.7. The normalized spacial score (nSPS) is 13.9. The van der Waals surface area contributed by atoms with Gasteiger partial charge in [0.15, 0.2) is 0 Å². The number of amides is 1. The van der Waals surface area contributed by atoms with Gasteiger partial charge in [-0.25, -0.2) is 4.98 Å². The largest absolute Gasteiger partial charge is 0.481 e. The second-order valence-electron chi connectivity index (χ2n) is 7.15. The Bertz CT molecular complexity index is 1090. The number of rotatable bonds is 5. The van der Waals surface area contributed by atoms with Crippen molar-refractivity contribution >= 4 is 11.6 Å². The number of terminal acetylenes is 1. The number of nitrogens with two attached hydrogens (primary N) is 1. The van der Waals surface area contributed by atoms with Crippen molar-refractivity contribution in [2.45, 2.75) is 18.4 Å². The Balaban J connectivity index is 1.52. The van der Waals surface area contributed by atoms with Crippen LogP contribution in [0.3, 0.4) is 0 Å². The summed E-state index contributed by atoms with van der Waals surface area (Å²) < 4.78 is 5.10. The zero-order chi connectivity index (χ0) is 20.4. The van der Waals surface area contributed by atoms with Crippen LogP contribution in [0.2, 0.25) is 0 Å². The number of nitrogens with one attached hydrogen (secondary N) is 1. The molecule has 1 heterocycles. The number of hydrogen-bond acceptors (Lipinski definition) is 4. The number of pyridine rings is 1. The lowest BCUT2D eigenvalue weighted by molar-refractivity contribution is 0.0931. The van der Waals surface area contributed by atoms with Gasteiger partial charge in [-0.15, -0.1) is 6.42 Å². The smallest absolute Gasteiger partial charge is 0.251 e. The Morgan fingerprint density at radius 3 is 2.41 bits per heavy atom. The van der Waals surface area contributed by atoms with Crippen molar-refractivity contribution in [3.8, 4) is 29.4 Å². The number of ether oxygens (including phenoxy) is 1. The first-order valence-corrected chi connectivity index (χ1v) is 9.34. The summed E-state index contributed by atoms with van der Waals surface area (Å²) in [7, 11) is 1.56. The van der Waals surface area contributed by atoms with Crippen LogP contribution in [-0.4, -0.2) is 18.0 Å². The van der Waals surface area contributed by atoms with Crippen molar-refractivity contribution in [2.24, 2.45) is 0 Å². The topological polar surface area (TPSA) is 77.2 Å². The van der Waals surface area contributed by atoms with E-state index in [-0.39, 0.29) is 11.4 Å². The van der Waals surface area contributed by atoms with Crippen LogP contribution in [0.5, 0.6) is 5.88 Å². The summed E-state index contributed by atoms with van der Waals surface area (Å²) in [4.78, 5) is 16.9. The first kappa shape index (κ1) is 18.6. The third-order valence-electron chi connectivity index (χ3n) is 5.29. The Hall–Kier alpha value is -3.78. The van der Waals surface area contributed by atoms with E-state index < -0.39 is 0 Å². The van der Waals surface area contributed by atoms with E-state index in [1.165, 1.54) is 0 Å². The third-order valence-corrected chi connectivity index (χ3v) is 5.29. The van der Waals surface area contributed by atoms with Gasteiger partial charge in [0.1, 0.15) is 0 Å². The summed E-state index contributed by atoms with van der Waals surface area (Å²) in [5, 5.41) is 3.18. The van der Waals surface area contributed by atoms with Gasteiger partial charge in [-0.05, 0) is 48.2 Å². The zero-order valence-electron chi connectivity index (χ0n) is 16.1. The number of methoxy groups -OCH3 is 1. The van der Waals surface area contributed by atoms with Gasteiger partial charge in [0.2, 0.25) is 5.88 Å². The Morgan fingerprint density at radius 2 is 1.86 bits per heavy atom. The van der Waals surface area contributed by atoms with Crippen molar-refractivity contribution in [1.82, 2.24) is 10.3 Å². The molecule has 1 fully saturated rings. The minimum Gasteiger partial charge on any atom is -0.481 e. The van der Waals surface area contributed by atoms with Crippen LogP contribution in [0.1, 0.15) is 34.3 Å². The van der Waals surface area contributed by atoms with Gasteiger partial charge in [0, 0.05) is 34.6 Å². The summed E-state index contributed by atoms with van der Waals surface area (Å²) in [5.74, 6) is 2.94. The molecule has 1 saturated carbocycles. The highest BCUT2D eigenvalue weighted by molar-refractivity contribution is 5.95. The van der Waals surface area contributed by atoms with Crippen LogP contribution in [0, 0.1) is 12.3 Å². The maximum Gasteiger partial charge on any atom is 0.251 e. The van der Waals surface area contributed by atoms with Crippen LogP contribution in [-0.2, 0) is 5.54 Å². The van der Waals surface area contributed by atoms with Crippen LogP contribution in [0.4, 0.5) is 5.69 Å². The Kier molecular flexibility index (Phi) is 4.69. The molecule has 5 nitrogen and oxygen atoms in total. The molecule has 4 rings (SSSR count). The summed E-state index contributed by atoms with van der Waals surface area (Å²) in [6.07, 6.45) is 8.90. The van der Waals surface area contributed by atoms with Crippen LogP contribution in [0.15, 0.2) is 60.8 Å². The van der Waals surface area contributed by atoms with Crippen molar-refractivity contribution in [3.63, 3.8) is 0 Å². The molecule has 29 heavy (non-hydrogen) atoms. The van der Waals surface area contributed by atoms with E-state index in [2.05, 4.69) is 16.2 Å². The minimum absolute atomic E-state index is 0.0984. The lowest BCUT2D eigenvalue weighted by Gasteiger charge is -2.19. The first-order chi connectivity index (χ1) is 14.0. The molecule has 3 N–H and O–H groups in total. The van der Waals surface area contributed by atoms with E-state index in [1.807, 2.05) is 24.3 Å². The van der Waals surface area contributed by atoms with Gasteiger partial charge in [-0.2, -0.15) is 0 Å². The predicted octanol–water partition coefficient (Wildman–Crippen LogP) is 3.74. The molecule has 5 heteroatoms. The molecule has 1 amide bonds. The highest BCUT2D eigenvalue weighted by Crippen LogP contribution is 2.46. The van der Waals surface area contributed by atoms with Crippen LogP contribution < -0.4 is 15.8 Å². The minimum atomic E-state index is -0.315. The summed E-state index contributed by atoms with van der Waals surface area (Å²) in [6, 6.07) is 16.8. The van der Waals surface area contributed by atoms with Gasteiger partial charge >= 0.3 is 0 Å². The van der Waals surface area contributed by atoms with Gasteiger partial charge < -0.3 is 15.8 Å². The monoisotopic (exact) mass is 383 g/mol. The van der Waals surface area contributed by atoms with E-state index in [4.69, 9.17) is 16.9 Å². The van der Waals surface area contributed by atoms with Crippen LogP contribution >= 0.6 is 0 Å². The molecule has 144 valence electrons. The molecule has 3 aromatic rings. The molecule has 0 radical (unpaired) electrons. The van der Waals surface area contributed by atoms with Gasteiger partial charge in [0.25, 0.3) is 5.91 Å². The van der Waals surface area contributed by atoms with Crippen molar-refractivity contribution in [3.05, 3.63) is 77.5 Å². The fourth-order valence-corrected chi connectivity index (χ4v) is 3.39. The lowest BCUT2D eigenvalue weighted by atomic mass is 9.99. The number of anilines is 1. The number of hydrogen-bond donors (Lipinski definition) is 2. The Morgan fingerprint density at radius 1 is 1.17 bits per heavy atom. The summed E-state index contributed by atoms with van der Waals surface area (Å²) in [5.41, 5.74) is 10.7. The third kappa shape index (κ3) is 3.65. The Labute approximate surface area is 169 Å². The number of nitrogens with zero attached hydrogens (tertiary/aromatic N) is 1. The van der Waals surface area contributed by atoms with E-state index >= 15 is 0 Å². The molecule has 0 saturated heterocycles. The molecule has 1 aliphatic rings. The first-order valence-electron chi connectivity index (χ1n) is 9.34. The summed E-state index contributed by atoms with van der Waals surface area (Å²) in [6.45, 7) is 0. The highest BCUT2D eigenvalue weighted by atomic mass is 16.5. The molecule has 0 aliphatic heterocycles. The van der Waals surface area contributed by atoms with Crippen LogP contribution in [0.25, 0.3) is 11.1 Å². The molecule has 0 bridgehead atoms. The second-order valence-corrected chi connectivity index (χ2v) is 7.15. The average Bonchev–Trinajstić information content (AvgIpc) is 3.54. The lowest BCUT2D eigenvalue weighted by Crippen LogP contribution is -2.34. The zero-order valence-corrected chi connectivity index (χ0v) is 16.1. The molecule has 0 spiro atoms. The fourth-order valence-electron chi connectivity index (χ4n) is 3.39. The molecule has 0 atom stereocenters. The number of aromatic nitrogens is 1. The molecule has 0 unspecified atom stereocenters. The predicted molar refractivity (Wildman–Crippen MR) is 113 cm³/mol. The molecular weight excluding hydrogens is 362 g/mol.